The average Bonchev–Trinajstić information content (AvgIpc) is 2.68. The van der Waals surface area contributed by atoms with Gasteiger partial charge in [0.15, 0.2) is 0 Å². The molecule has 1 atom stereocenters. The molecule has 1 aliphatic rings. The summed E-state index contributed by atoms with van der Waals surface area (Å²) < 4.78 is 49.6. The maximum atomic E-state index is 12.8. The number of piperidine rings is 1. The predicted molar refractivity (Wildman–Crippen MR) is 109 cm³/mol. The van der Waals surface area contributed by atoms with Crippen LogP contribution in [0.4, 0.5) is 5.69 Å². The van der Waals surface area contributed by atoms with Crippen LogP contribution in [0.1, 0.15) is 30.1 Å². The number of carbonyl (C=O) groups is 1. The average molecular weight is 438 g/mol. The third kappa shape index (κ3) is 5.02. The van der Waals surface area contributed by atoms with E-state index in [4.69, 9.17) is 5.14 Å². The zero-order chi connectivity index (χ0) is 21.2. The molecule has 0 radical (unpaired) electrons. The molecule has 1 saturated heterocycles. The number of primary sulfonamides is 1. The molecule has 3 N–H and O–H groups in total. The van der Waals surface area contributed by atoms with Crippen LogP contribution in [0, 0.1) is 5.92 Å². The van der Waals surface area contributed by atoms with E-state index in [1.165, 1.54) is 52.8 Å². The number of sulfonamides is 2. The second-order valence-electron chi connectivity index (χ2n) is 7.16. The molecule has 0 aliphatic carbocycles. The Bertz CT molecular complexity index is 1100. The van der Waals surface area contributed by atoms with Gasteiger partial charge in [0, 0.05) is 24.3 Å². The van der Waals surface area contributed by atoms with Gasteiger partial charge in [0.25, 0.3) is 5.91 Å². The van der Waals surface area contributed by atoms with E-state index in [2.05, 4.69) is 5.32 Å². The number of carbonyl (C=O) groups excluding carboxylic acids is 1. The molecular formula is C19H23N3O5S2. The third-order valence-electron chi connectivity index (χ3n) is 4.81. The highest BCUT2D eigenvalue weighted by molar-refractivity contribution is 7.89. The van der Waals surface area contributed by atoms with Gasteiger partial charge in [-0.1, -0.05) is 6.92 Å². The first kappa shape index (κ1) is 21.4. The summed E-state index contributed by atoms with van der Waals surface area (Å²) in [4.78, 5) is 12.5. The Morgan fingerprint density at radius 3 is 2.14 bits per heavy atom. The monoisotopic (exact) mass is 437 g/mol. The molecule has 1 heterocycles. The fourth-order valence-electron chi connectivity index (χ4n) is 3.22. The fourth-order valence-corrected chi connectivity index (χ4v) is 5.34. The minimum absolute atomic E-state index is 0.0583. The molecule has 1 amide bonds. The number of nitrogens with zero attached hydrogens (tertiary/aromatic N) is 1. The normalized spacial score (nSPS) is 18.3. The Kier molecular flexibility index (Phi) is 6.08. The molecule has 0 saturated carbocycles. The van der Waals surface area contributed by atoms with Gasteiger partial charge in [0.2, 0.25) is 20.0 Å². The lowest BCUT2D eigenvalue weighted by atomic mass is 10.0. The summed E-state index contributed by atoms with van der Waals surface area (Å²) in [5, 5.41) is 7.67. The van der Waals surface area contributed by atoms with E-state index in [-0.39, 0.29) is 15.4 Å². The Morgan fingerprint density at radius 1 is 1.00 bits per heavy atom. The van der Waals surface area contributed by atoms with Crippen LogP contribution in [-0.4, -0.2) is 40.1 Å². The van der Waals surface area contributed by atoms with E-state index in [0.717, 1.165) is 12.8 Å². The standard InChI is InChI=1S/C19H23N3O5S2/c1-14-3-2-12-22(13-14)29(26,27)18-8-4-15(5-9-18)19(23)21-16-6-10-17(11-7-16)28(20,24)25/h4-11,14H,2-3,12-13H2,1H3,(H,21,23)(H2,20,24,25). The van der Waals surface area contributed by atoms with E-state index >= 15 is 0 Å². The molecule has 1 aliphatic heterocycles. The van der Waals surface area contributed by atoms with E-state index in [1.807, 2.05) is 6.92 Å². The van der Waals surface area contributed by atoms with Gasteiger partial charge < -0.3 is 5.32 Å². The van der Waals surface area contributed by atoms with Crippen molar-refractivity contribution in [2.24, 2.45) is 11.1 Å². The molecule has 10 heteroatoms. The Balaban J connectivity index is 1.72. The quantitative estimate of drug-likeness (QED) is 0.740. The zero-order valence-electron chi connectivity index (χ0n) is 15.9. The first-order valence-corrected chi connectivity index (χ1v) is 12.1. The number of anilines is 1. The molecule has 3 rings (SSSR count). The van der Waals surface area contributed by atoms with Gasteiger partial charge in [0.1, 0.15) is 0 Å². The van der Waals surface area contributed by atoms with Crippen molar-refractivity contribution in [3.8, 4) is 0 Å². The van der Waals surface area contributed by atoms with Crippen molar-refractivity contribution < 1.29 is 21.6 Å². The number of amides is 1. The van der Waals surface area contributed by atoms with Crippen LogP contribution < -0.4 is 10.5 Å². The van der Waals surface area contributed by atoms with Crippen LogP contribution >= 0.6 is 0 Å². The maximum absolute atomic E-state index is 12.8. The molecule has 2 aromatic carbocycles. The highest BCUT2D eigenvalue weighted by Crippen LogP contribution is 2.24. The van der Waals surface area contributed by atoms with Gasteiger partial charge in [-0.05, 0) is 67.3 Å². The number of hydrogen-bond donors (Lipinski definition) is 2. The molecule has 2 aromatic rings. The Labute approximate surface area is 170 Å². The SMILES string of the molecule is CC1CCCN(S(=O)(=O)c2ccc(C(=O)Nc3ccc(S(N)(=O)=O)cc3)cc2)C1. The second-order valence-corrected chi connectivity index (χ2v) is 10.7. The third-order valence-corrected chi connectivity index (χ3v) is 7.62. The number of nitrogens with two attached hydrogens (primary N) is 1. The molecule has 8 nitrogen and oxygen atoms in total. The van der Waals surface area contributed by atoms with Crippen molar-refractivity contribution in [3.63, 3.8) is 0 Å². The number of hydrogen-bond acceptors (Lipinski definition) is 5. The van der Waals surface area contributed by atoms with E-state index in [9.17, 15) is 21.6 Å². The highest BCUT2D eigenvalue weighted by Gasteiger charge is 2.28. The van der Waals surface area contributed by atoms with Crippen LogP contribution in [0.3, 0.4) is 0 Å². The summed E-state index contributed by atoms with van der Waals surface area (Å²) in [6.45, 7) is 3.03. The van der Waals surface area contributed by atoms with Crippen LogP contribution in [0.5, 0.6) is 0 Å². The lowest BCUT2D eigenvalue weighted by Gasteiger charge is -2.30. The van der Waals surface area contributed by atoms with Crippen LogP contribution in [-0.2, 0) is 20.0 Å². The highest BCUT2D eigenvalue weighted by atomic mass is 32.2. The van der Waals surface area contributed by atoms with Crippen molar-refractivity contribution in [3.05, 3.63) is 54.1 Å². The van der Waals surface area contributed by atoms with Crippen molar-refractivity contribution >= 4 is 31.6 Å². The molecular weight excluding hydrogens is 414 g/mol. The lowest BCUT2D eigenvalue weighted by Crippen LogP contribution is -2.39. The zero-order valence-corrected chi connectivity index (χ0v) is 17.5. The van der Waals surface area contributed by atoms with Crippen molar-refractivity contribution in [1.29, 1.82) is 0 Å². The molecule has 29 heavy (non-hydrogen) atoms. The Hall–Kier alpha value is -2.27. The molecule has 156 valence electrons. The summed E-state index contributed by atoms with van der Waals surface area (Å²) >= 11 is 0. The van der Waals surface area contributed by atoms with Gasteiger partial charge in [-0.2, -0.15) is 4.31 Å². The van der Waals surface area contributed by atoms with Crippen molar-refractivity contribution in [2.75, 3.05) is 18.4 Å². The van der Waals surface area contributed by atoms with Crippen molar-refractivity contribution in [2.45, 2.75) is 29.6 Å². The fraction of sp³-hybridized carbons (Fsp3) is 0.316. The van der Waals surface area contributed by atoms with Gasteiger partial charge in [-0.25, -0.2) is 22.0 Å². The first-order chi connectivity index (χ1) is 13.6. The van der Waals surface area contributed by atoms with Crippen LogP contribution in [0.2, 0.25) is 0 Å². The summed E-state index contributed by atoms with van der Waals surface area (Å²) in [5.41, 5.74) is 0.674. The van der Waals surface area contributed by atoms with E-state index < -0.39 is 26.0 Å². The number of nitrogens with one attached hydrogen (secondary N) is 1. The molecule has 0 bridgehead atoms. The van der Waals surface area contributed by atoms with Gasteiger partial charge in [-0.15, -0.1) is 0 Å². The molecule has 1 unspecified atom stereocenters. The van der Waals surface area contributed by atoms with Gasteiger partial charge in [-0.3, -0.25) is 4.79 Å². The smallest absolute Gasteiger partial charge is 0.255 e. The van der Waals surface area contributed by atoms with Gasteiger partial charge >= 0.3 is 0 Å². The van der Waals surface area contributed by atoms with E-state index in [1.54, 1.807) is 0 Å². The minimum Gasteiger partial charge on any atom is -0.322 e. The summed E-state index contributed by atoms with van der Waals surface area (Å²) in [6.07, 6.45) is 1.86. The van der Waals surface area contributed by atoms with Gasteiger partial charge in [0.05, 0.1) is 9.79 Å². The number of benzene rings is 2. The van der Waals surface area contributed by atoms with Crippen molar-refractivity contribution in [1.82, 2.24) is 4.31 Å². The summed E-state index contributed by atoms with van der Waals surface area (Å²) in [5.74, 6) is -0.117. The van der Waals surface area contributed by atoms with E-state index in [0.29, 0.717) is 24.7 Å². The maximum Gasteiger partial charge on any atom is 0.255 e. The second kappa shape index (κ2) is 8.23. The summed E-state index contributed by atoms with van der Waals surface area (Å²) in [6, 6.07) is 11.2. The Morgan fingerprint density at radius 2 is 1.59 bits per heavy atom. The first-order valence-electron chi connectivity index (χ1n) is 9.12. The predicted octanol–water partition coefficient (Wildman–Crippen LogP) is 2.01. The molecule has 0 aromatic heterocycles. The minimum atomic E-state index is -3.81. The largest absolute Gasteiger partial charge is 0.322 e. The molecule has 0 spiro atoms. The molecule has 1 fully saturated rings. The van der Waals surface area contributed by atoms with Crippen LogP contribution in [0.15, 0.2) is 58.3 Å². The lowest BCUT2D eigenvalue weighted by molar-refractivity contribution is 0.102. The number of rotatable bonds is 5. The van der Waals surface area contributed by atoms with Crippen LogP contribution in [0.25, 0.3) is 0 Å². The topological polar surface area (TPSA) is 127 Å². The summed E-state index contributed by atoms with van der Waals surface area (Å²) in [7, 11) is -7.39.